The van der Waals surface area contributed by atoms with E-state index >= 15 is 0 Å². The highest BCUT2D eigenvalue weighted by atomic mass is 32.1. The molecule has 3 heterocycles. The standard InChI is InChI=1S/C19H24N6O5S/c1-11(4-6-20)21-18-23-24-19(31-18)22-16(26)14-8-13(15(29-3)17(27)30-14)25-7-5-12(9-25)10-28-2/h4,6,8,12H,5,7,9-10,20H2,1-3H3,(H,22,24,26)/b6-4-,21-11+/t12-/m1/s1. The van der Waals surface area contributed by atoms with Crippen molar-refractivity contribution in [1.82, 2.24) is 10.2 Å². The highest BCUT2D eigenvalue weighted by molar-refractivity contribution is 7.18. The Kier molecular flexibility index (Phi) is 7.36. The number of allylic oxidation sites excluding steroid dienone is 1. The number of nitrogens with two attached hydrogens (primary N) is 1. The van der Waals surface area contributed by atoms with Crippen molar-refractivity contribution in [3.05, 3.63) is 34.5 Å². The molecule has 0 bridgehead atoms. The number of hydrogen-bond donors (Lipinski definition) is 2. The minimum absolute atomic E-state index is 0.0607. The van der Waals surface area contributed by atoms with E-state index in [1.54, 1.807) is 20.1 Å². The summed E-state index contributed by atoms with van der Waals surface area (Å²) in [5.41, 5.74) is 5.74. The third-order valence-electron chi connectivity index (χ3n) is 4.59. The topological polar surface area (TPSA) is 145 Å². The van der Waals surface area contributed by atoms with Crippen molar-refractivity contribution in [2.24, 2.45) is 16.6 Å². The summed E-state index contributed by atoms with van der Waals surface area (Å²) in [6, 6.07) is 1.50. The molecule has 3 rings (SSSR count). The maximum Gasteiger partial charge on any atom is 0.381 e. The minimum Gasteiger partial charge on any atom is -0.488 e. The van der Waals surface area contributed by atoms with E-state index in [2.05, 4.69) is 20.5 Å². The van der Waals surface area contributed by atoms with Crippen LogP contribution in [0.2, 0.25) is 0 Å². The number of aromatic nitrogens is 2. The molecule has 2 aromatic rings. The second kappa shape index (κ2) is 10.2. The van der Waals surface area contributed by atoms with Crippen LogP contribution in [0.3, 0.4) is 0 Å². The van der Waals surface area contributed by atoms with E-state index in [1.807, 2.05) is 4.90 Å². The summed E-state index contributed by atoms with van der Waals surface area (Å²) in [4.78, 5) is 31.3. The van der Waals surface area contributed by atoms with Crippen molar-refractivity contribution < 1.29 is 18.7 Å². The smallest absolute Gasteiger partial charge is 0.381 e. The molecule has 1 aliphatic heterocycles. The number of nitrogens with zero attached hydrogens (tertiary/aromatic N) is 4. The summed E-state index contributed by atoms with van der Waals surface area (Å²) < 4.78 is 15.6. The van der Waals surface area contributed by atoms with Crippen LogP contribution in [0.1, 0.15) is 23.9 Å². The van der Waals surface area contributed by atoms with E-state index in [9.17, 15) is 9.59 Å². The second-order valence-electron chi connectivity index (χ2n) is 6.83. The monoisotopic (exact) mass is 448 g/mol. The van der Waals surface area contributed by atoms with Gasteiger partial charge in [-0.05, 0) is 25.6 Å². The molecule has 11 nitrogen and oxygen atoms in total. The number of anilines is 2. The maximum atomic E-state index is 12.7. The molecule has 0 unspecified atom stereocenters. The predicted octanol–water partition coefficient (Wildman–Crippen LogP) is 1.79. The number of carbonyl (C=O) groups is 1. The largest absolute Gasteiger partial charge is 0.488 e. The lowest BCUT2D eigenvalue weighted by molar-refractivity contribution is 0.0991. The molecular formula is C19H24N6O5S. The highest BCUT2D eigenvalue weighted by Crippen LogP contribution is 2.31. The molecule has 0 radical (unpaired) electrons. The average Bonchev–Trinajstić information content (AvgIpc) is 3.37. The van der Waals surface area contributed by atoms with Crippen LogP contribution in [0.15, 0.2) is 32.5 Å². The van der Waals surface area contributed by atoms with Crippen molar-refractivity contribution in [2.45, 2.75) is 13.3 Å². The SMILES string of the molecule is COC[C@@H]1CCN(c2cc(C(=O)Nc3nnc(/N=C(C)/C=C\N)s3)oc(=O)c2OC)C1. The van der Waals surface area contributed by atoms with Gasteiger partial charge in [-0.1, -0.05) is 11.3 Å². The summed E-state index contributed by atoms with van der Waals surface area (Å²) in [5, 5.41) is 10.9. The lowest BCUT2D eigenvalue weighted by atomic mass is 10.1. The van der Waals surface area contributed by atoms with E-state index in [0.29, 0.717) is 42.1 Å². The van der Waals surface area contributed by atoms with Crippen molar-refractivity contribution in [3.8, 4) is 5.75 Å². The first-order valence-electron chi connectivity index (χ1n) is 9.49. The zero-order chi connectivity index (χ0) is 22.4. The molecule has 1 saturated heterocycles. The molecule has 0 spiro atoms. The Morgan fingerprint density at radius 2 is 2.29 bits per heavy atom. The summed E-state index contributed by atoms with van der Waals surface area (Å²) in [6.45, 7) is 3.77. The Labute approximate surface area is 182 Å². The third-order valence-corrected chi connectivity index (χ3v) is 5.32. The van der Waals surface area contributed by atoms with Crippen LogP contribution >= 0.6 is 11.3 Å². The molecule has 31 heavy (non-hydrogen) atoms. The normalized spacial score (nSPS) is 16.8. The summed E-state index contributed by atoms with van der Waals surface area (Å²) >= 11 is 1.07. The number of ether oxygens (including phenoxy) is 2. The van der Waals surface area contributed by atoms with Gasteiger partial charge in [0.1, 0.15) is 0 Å². The van der Waals surface area contributed by atoms with Crippen molar-refractivity contribution in [1.29, 1.82) is 0 Å². The zero-order valence-corrected chi connectivity index (χ0v) is 18.3. The molecule has 1 aliphatic rings. The van der Waals surface area contributed by atoms with Gasteiger partial charge in [0.15, 0.2) is 5.76 Å². The van der Waals surface area contributed by atoms with E-state index in [1.165, 1.54) is 19.4 Å². The number of methoxy groups -OCH3 is 2. The number of nitrogens with one attached hydrogen (secondary N) is 1. The molecule has 1 atom stereocenters. The van der Waals surface area contributed by atoms with Crippen LogP contribution in [-0.4, -0.2) is 55.7 Å². The van der Waals surface area contributed by atoms with Gasteiger partial charge in [-0.25, -0.2) is 9.79 Å². The van der Waals surface area contributed by atoms with Gasteiger partial charge in [0.05, 0.1) is 19.4 Å². The Hall–Kier alpha value is -3.25. The van der Waals surface area contributed by atoms with Gasteiger partial charge < -0.3 is 24.5 Å². The number of rotatable bonds is 8. The van der Waals surface area contributed by atoms with Crippen molar-refractivity contribution >= 4 is 38.9 Å². The van der Waals surface area contributed by atoms with Gasteiger partial charge in [0.2, 0.25) is 16.0 Å². The molecule has 166 valence electrons. The first kappa shape index (κ1) is 22.4. The first-order chi connectivity index (χ1) is 14.9. The Bertz CT molecular complexity index is 1050. The van der Waals surface area contributed by atoms with E-state index < -0.39 is 11.5 Å². The van der Waals surface area contributed by atoms with Crippen LogP contribution < -0.4 is 26.3 Å². The number of carbonyl (C=O) groups excluding carboxylic acids is 1. The zero-order valence-electron chi connectivity index (χ0n) is 17.5. The Morgan fingerprint density at radius 3 is 3.00 bits per heavy atom. The van der Waals surface area contributed by atoms with Gasteiger partial charge in [-0.3, -0.25) is 10.1 Å². The molecule has 0 aromatic carbocycles. The van der Waals surface area contributed by atoms with Gasteiger partial charge in [0.25, 0.3) is 5.91 Å². The fraction of sp³-hybridized carbons (Fsp3) is 0.421. The summed E-state index contributed by atoms with van der Waals surface area (Å²) in [5.74, 6) is -0.389. The molecule has 12 heteroatoms. The number of amides is 1. The Morgan fingerprint density at radius 1 is 1.48 bits per heavy atom. The molecular weight excluding hydrogens is 424 g/mol. The van der Waals surface area contributed by atoms with Crippen LogP contribution in [0, 0.1) is 5.92 Å². The molecule has 1 fully saturated rings. The molecule has 2 aromatic heterocycles. The summed E-state index contributed by atoms with van der Waals surface area (Å²) in [7, 11) is 3.05. The first-order valence-corrected chi connectivity index (χ1v) is 10.3. The van der Waals surface area contributed by atoms with E-state index in [4.69, 9.17) is 19.6 Å². The number of hydrogen-bond acceptors (Lipinski definition) is 11. The molecule has 0 aliphatic carbocycles. The molecule has 0 saturated carbocycles. The van der Waals surface area contributed by atoms with E-state index in [-0.39, 0.29) is 16.6 Å². The van der Waals surface area contributed by atoms with Crippen LogP contribution in [0.25, 0.3) is 0 Å². The number of aliphatic imine (C=N–C) groups is 1. The van der Waals surface area contributed by atoms with Gasteiger partial charge in [-0.15, -0.1) is 10.2 Å². The molecule has 3 N–H and O–H groups in total. The minimum atomic E-state index is -0.730. The third kappa shape index (κ3) is 5.47. The fourth-order valence-corrected chi connectivity index (χ4v) is 3.89. The quantitative estimate of drug-likeness (QED) is 0.577. The van der Waals surface area contributed by atoms with Crippen LogP contribution in [-0.2, 0) is 4.74 Å². The van der Waals surface area contributed by atoms with Crippen LogP contribution in [0.4, 0.5) is 16.0 Å². The predicted molar refractivity (Wildman–Crippen MR) is 118 cm³/mol. The Balaban J connectivity index is 1.80. The molecule has 1 amide bonds. The van der Waals surface area contributed by atoms with E-state index in [0.717, 1.165) is 17.8 Å². The lowest BCUT2D eigenvalue weighted by Gasteiger charge is -2.20. The lowest BCUT2D eigenvalue weighted by Crippen LogP contribution is -2.25. The van der Waals surface area contributed by atoms with Crippen molar-refractivity contribution in [2.75, 3.05) is 44.1 Å². The van der Waals surface area contributed by atoms with Gasteiger partial charge in [0, 0.05) is 37.9 Å². The van der Waals surface area contributed by atoms with Gasteiger partial charge in [-0.2, -0.15) is 0 Å². The summed E-state index contributed by atoms with van der Waals surface area (Å²) in [6.07, 6.45) is 3.89. The van der Waals surface area contributed by atoms with Gasteiger partial charge >= 0.3 is 5.63 Å². The van der Waals surface area contributed by atoms with Crippen molar-refractivity contribution in [3.63, 3.8) is 0 Å². The second-order valence-corrected chi connectivity index (χ2v) is 7.78. The average molecular weight is 449 g/mol. The highest BCUT2D eigenvalue weighted by Gasteiger charge is 2.28. The van der Waals surface area contributed by atoms with Crippen LogP contribution in [0.5, 0.6) is 5.75 Å². The maximum absolute atomic E-state index is 12.7. The fourth-order valence-electron chi connectivity index (χ4n) is 3.23.